The van der Waals surface area contributed by atoms with E-state index in [9.17, 15) is 5.11 Å². The van der Waals surface area contributed by atoms with Crippen molar-refractivity contribution < 1.29 is 5.11 Å². The van der Waals surface area contributed by atoms with Crippen LogP contribution in [-0.2, 0) is 6.61 Å². The van der Waals surface area contributed by atoms with Crippen molar-refractivity contribution in [3.05, 3.63) is 46.6 Å². The Morgan fingerprint density at radius 1 is 1.30 bits per heavy atom. The quantitative estimate of drug-likeness (QED) is 0.803. The SMILES string of the molecule is Cc1cccc(-c2c(CO)nnn2-c2nc(C)cs2)c1. The summed E-state index contributed by atoms with van der Waals surface area (Å²) in [7, 11) is 0. The number of aliphatic hydroxyl groups is 1. The van der Waals surface area contributed by atoms with Crippen LogP contribution in [0, 0.1) is 13.8 Å². The van der Waals surface area contributed by atoms with Crippen molar-refractivity contribution in [3.63, 3.8) is 0 Å². The first-order valence-electron chi connectivity index (χ1n) is 6.24. The molecule has 0 aliphatic carbocycles. The van der Waals surface area contributed by atoms with Crippen molar-refractivity contribution in [2.75, 3.05) is 0 Å². The van der Waals surface area contributed by atoms with Gasteiger partial charge in [0.15, 0.2) is 0 Å². The molecule has 2 heterocycles. The minimum atomic E-state index is -0.145. The van der Waals surface area contributed by atoms with Crippen molar-refractivity contribution in [3.8, 4) is 16.4 Å². The second-order valence-corrected chi connectivity index (χ2v) is 5.43. The Morgan fingerprint density at radius 2 is 2.15 bits per heavy atom. The van der Waals surface area contributed by atoms with Crippen LogP contribution in [0.2, 0.25) is 0 Å². The number of thiazole rings is 1. The number of hydrogen-bond acceptors (Lipinski definition) is 5. The van der Waals surface area contributed by atoms with Crippen LogP contribution in [0.3, 0.4) is 0 Å². The predicted molar refractivity (Wildman–Crippen MR) is 77.9 cm³/mol. The fraction of sp³-hybridized carbons (Fsp3) is 0.214. The molecule has 0 spiro atoms. The van der Waals surface area contributed by atoms with Gasteiger partial charge in [-0.1, -0.05) is 29.0 Å². The van der Waals surface area contributed by atoms with E-state index in [1.807, 2.05) is 37.4 Å². The first-order valence-corrected chi connectivity index (χ1v) is 7.12. The average Bonchev–Trinajstić information content (AvgIpc) is 3.04. The smallest absolute Gasteiger partial charge is 0.212 e. The van der Waals surface area contributed by atoms with Crippen molar-refractivity contribution in [2.45, 2.75) is 20.5 Å². The van der Waals surface area contributed by atoms with E-state index in [0.717, 1.165) is 27.6 Å². The van der Waals surface area contributed by atoms with E-state index in [-0.39, 0.29) is 6.61 Å². The highest BCUT2D eigenvalue weighted by Crippen LogP contribution is 2.27. The molecule has 0 fully saturated rings. The van der Waals surface area contributed by atoms with Crippen molar-refractivity contribution >= 4 is 11.3 Å². The molecule has 0 amide bonds. The summed E-state index contributed by atoms with van der Waals surface area (Å²) < 4.78 is 1.69. The number of aryl methyl sites for hydroxylation is 2. The van der Waals surface area contributed by atoms with Gasteiger partial charge in [-0.15, -0.1) is 16.4 Å². The van der Waals surface area contributed by atoms with Crippen LogP contribution >= 0.6 is 11.3 Å². The molecule has 20 heavy (non-hydrogen) atoms. The van der Waals surface area contributed by atoms with E-state index in [0.29, 0.717) is 5.69 Å². The molecule has 2 aromatic heterocycles. The van der Waals surface area contributed by atoms with Gasteiger partial charge in [-0.05, 0) is 19.9 Å². The number of aromatic nitrogens is 4. The normalized spacial score (nSPS) is 10.9. The molecule has 5 nitrogen and oxygen atoms in total. The Balaban J connectivity index is 2.20. The molecule has 0 unspecified atom stereocenters. The van der Waals surface area contributed by atoms with Gasteiger partial charge < -0.3 is 5.11 Å². The maximum atomic E-state index is 9.48. The molecule has 0 saturated carbocycles. The maximum absolute atomic E-state index is 9.48. The molecule has 1 aromatic carbocycles. The van der Waals surface area contributed by atoms with Gasteiger partial charge in [-0.3, -0.25) is 0 Å². The third-order valence-electron chi connectivity index (χ3n) is 2.97. The Morgan fingerprint density at radius 3 is 2.80 bits per heavy atom. The Labute approximate surface area is 120 Å². The first kappa shape index (κ1) is 13.0. The Bertz CT molecular complexity index is 747. The van der Waals surface area contributed by atoms with E-state index >= 15 is 0 Å². The maximum Gasteiger partial charge on any atom is 0.212 e. The van der Waals surface area contributed by atoms with Crippen LogP contribution in [0.1, 0.15) is 17.0 Å². The second-order valence-electron chi connectivity index (χ2n) is 4.60. The topological polar surface area (TPSA) is 63.8 Å². The lowest BCUT2D eigenvalue weighted by molar-refractivity contribution is 0.277. The van der Waals surface area contributed by atoms with Crippen molar-refractivity contribution in [2.24, 2.45) is 0 Å². The van der Waals surface area contributed by atoms with Crippen LogP contribution in [0.5, 0.6) is 0 Å². The highest BCUT2D eigenvalue weighted by Gasteiger charge is 2.17. The van der Waals surface area contributed by atoms with Gasteiger partial charge in [0.25, 0.3) is 0 Å². The van der Waals surface area contributed by atoms with Gasteiger partial charge >= 0.3 is 0 Å². The lowest BCUT2D eigenvalue weighted by atomic mass is 10.1. The van der Waals surface area contributed by atoms with Gasteiger partial charge in [-0.2, -0.15) is 4.68 Å². The highest BCUT2D eigenvalue weighted by atomic mass is 32.1. The lowest BCUT2D eigenvalue weighted by Gasteiger charge is -2.06. The molecule has 0 saturated heterocycles. The molecule has 3 rings (SSSR count). The fourth-order valence-electron chi connectivity index (χ4n) is 2.07. The van der Waals surface area contributed by atoms with Crippen LogP contribution in [0.4, 0.5) is 0 Å². The summed E-state index contributed by atoms with van der Waals surface area (Å²) in [6.45, 7) is 3.83. The minimum Gasteiger partial charge on any atom is -0.390 e. The Hall–Kier alpha value is -2.05. The monoisotopic (exact) mass is 286 g/mol. The van der Waals surface area contributed by atoms with Gasteiger partial charge in [0, 0.05) is 10.9 Å². The lowest BCUT2D eigenvalue weighted by Crippen LogP contribution is -2.00. The van der Waals surface area contributed by atoms with Crippen molar-refractivity contribution in [1.29, 1.82) is 0 Å². The molecule has 3 aromatic rings. The van der Waals surface area contributed by atoms with E-state index < -0.39 is 0 Å². The van der Waals surface area contributed by atoms with Gasteiger partial charge in [0.05, 0.1) is 12.3 Å². The van der Waals surface area contributed by atoms with E-state index in [1.165, 1.54) is 11.3 Å². The van der Waals surface area contributed by atoms with Gasteiger partial charge in [0.1, 0.15) is 11.4 Å². The zero-order valence-electron chi connectivity index (χ0n) is 11.2. The van der Waals surface area contributed by atoms with Crippen LogP contribution in [-0.4, -0.2) is 25.1 Å². The number of rotatable bonds is 3. The third kappa shape index (κ3) is 2.23. The highest BCUT2D eigenvalue weighted by molar-refractivity contribution is 7.12. The molecule has 0 aliphatic heterocycles. The number of nitrogens with zero attached hydrogens (tertiary/aromatic N) is 4. The molecular weight excluding hydrogens is 272 g/mol. The number of hydrogen-bond donors (Lipinski definition) is 1. The summed E-state index contributed by atoms with van der Waals surface area (Å²) in [5.41, 5.74) is 4.43. The standard InChI is InChI=1S/C14H14N4OS/c1-9-4-3-5-11(6-9)13-12(7-19)16-17-18(13)14-15-10(2)8-20-14/h3-6,8,19H,7H2,1-2H3. The third-order valence-corrected chi connectivity index (χ3v) is 3.90. The van der Waals surface area contributed by atoms with E-state index in [4.69, 9.17) is 0 Å². The first-order chi connectivity index (χ1) is 9.69. The van der Waals surface area contributed by atoms with Crippen LogP contribution in [0.15, 0.2) is 29.6 Å². The molecule has 0 aliphatic rings. The summed E-state index contributed by atoms with van der Waals surface area (Å²) in [6, 6.07) is 8.05. The number of benzene rings is 1. The van der Waals surface area contributed by atoms with Crippen LogP contribution in [0.25, 0.3) is 16.4 Å². The summed E-state index contributed by atoms with van der Waals surface area (Å²) >= 11 is 1.51. The zero-order chi connectivity index (χ0) is 14.1. The second kappa shape index (κ2) is 5.15. The molecule has 6 heteroatoms. The zero-order valence-corrected chi connectivity index (χ0v) is 12.1. The molecule has 102 valence electrons. The number of aliphatic hydroxyl groups excluding tert-OH is 1. The summed E-state index contributed by atoms with van der Waals surface area (Å²) in [5.74, 6) is 0. The van der Waals surface area contributed by atoms with E-state index in [1.54, 1.807) is 4.68 Å². The molecule has 0 atom stereocenters. The van der Waals surface area contributed by atoms with Crippen molar-refractivity contribution in [1.82, 2.24) is 20.0 Å². The average molecular weight is 286 g/mol. The fourth-order valence-corrected chi connectivity index (χ4v) is 2.83. The summed E-state index contributed by atoms with van der Waals surface area (Å²) in [6.07, 6.45) is 0. The Kier molecular flexibility index (Phi) is 3.33. The summed E-state index contributed by atoms with van der Waals surface area (Å²) in [5, 5.41) is 20.4. The molecular formula is C14H14N4OS. The van der Waals surface area contributed by atoms with E-state index in [2.05, 4.69) is 21.4 Å². The molecule has 1 N–H and O–H groups in total. The van der Waals surface area contributed by atoms with Gasteiger partial charge in [-0.25, -0.2) is 4.98 Å². The van der Waals surface area contributed by atoms with Gasteiger partial charge in [0.2, 0.25) is 5.13 Å². The summed E-state index contributed by atoms with van der Waals surface area (Å²) in [4.78, 5) is 4.43. The largest absolute Gasteiger partial charge is 0.390 e. The van der Waals surface area contributed by atoms with Crippen LogP contribution < -0.4 is 0 Å². The predicted octanol–water partition coefficient (Wildman–Crippen LogP) is 2.50. The minimum absolute atomic E-state index is 0.145. The molecule has 0 bridgehead atoms. The molecule has 0 radical (unpaired) electrons.